The number of piperazine rings is 1. The van der Waals surface area contributed by atoms with Crippen LogP contribution in [0.25, 0.3) is 0 Å². The Kier molecular flexibility index (Phi) is 7.44. The predicted octanol–water partition coefficient (Wildman–Crippen LogP) is 1.65. The molecular weight excluding hydrogens is 382 g/mol. The Bertz CT molecular complexity index is 772. The van der Waals surface area contributed by atoms with Crippen molar-refractivity contribution in [1.82, 2.24) is 15.1 Å². The van der Waals surface area contributed by atoms with E-state index in [1.165, 1.54) is 0 Å². The van der Waals surface area contributed by atoms with Crippen LogP contribution >= 0.6 is 0 Å². The average Bonchev–Trinajstić information content (AvgIpc) is 2.67. The molecule has 0 bridgehead atoms. The molecule has 8 nitrogen and oxygen atoms in total. The second kappa shape index (κ2) is 10.0. The Hall–Kier alpha value is -2.45. The van der Waals surface area contributed by atoms with E-state index in [1.807, 2.05) is 24.3 Å². The summed E-state index contributed by atoms with van der Waals surface area (Å²) in [6.07, 6.45) is 1.92. The molecule has 3 atom stereocenters. The van der Waals surface area contributed by atoms with Crippen molar-refractivity contribution in [2.24, 2.45) is 0 Å². The number of rotatable bonds is 7. The highest BCUT2D eigenvalue weighted by molar-refractivity contribution is 6.01. The van der Waals surface area contributed by atoms with E-state index in [0.717, 1.165) is 31.7 Å². The number of carbonyl (C=O) groups is 3. The van der Waals surface area contributed by atoms with Crippen molar-refractivity contribution in [3.8, 4) is 0 Å². The van der Waals surface area contributed by atoms with E-state index >= 15 is 0 Å². The molecule has 30 heavy (non-hydrogen) atoms. The number of nitrogens with zero attached hydrogens (tertiary/aromatic N) is 2. The first-order valence-electron chi connectivity index (χ1n) is 10.8. The number of nitrogens with one attached hydrogen (secondary N) is 3. The first-order valence-corrected chi connectivity index (χ1v) is 10.8. The molecule has 8 heteroatoms. The fraction of sp³-hybridized carbons (Fsp3) is 0.591. The second-order valence-electron chi connectivity index (χ2n) is 8.41. The van der Waals surface area contributed by atoms with Crippen molar-refractivity contribution in [2.75, 3.05) is 36.8 Å². The summed E-state index contributed by atoms with van der Waals surface area (Å²) in [6.45, 7) is 9.97. The van der Waals surface area contributed by atoms with Crippen LogP contribution in [-0.2, 0) is 14.4 Å². The lowest BCUT2D eigenvalue weighted by Gasteiger charge is -2.44. The molecule has 164 valence electrons. The summed E-state index contributed by atoms with van der Waals surface area (Å²) < 4.78 is 0. The number of piperidine rings is 1. The molecule has 2 fully saturated rings. The zero-order valence-electron chi connectivity index (χ0n) is 18.1. The summed E-state index contributed by atoms with van der Waals surface area (Å²) in [5, 5.41) is 8.46. The van der Waals surface area contributed by atoms with Crippen molar-refractivity contribution in [3.05, 3.63) is 24.3 Å². The zero-order chi connectivity index (χ0) is 21.7. The van der Waals surface area contributed by atoms with Crippen LogP contribution in [0, 0.1) is 0 Å². The third-order valence-electron chi connectivity index (χ3n) is 5.77. The topological polar surface area (TPSA) is 93.8 Å². The van der Waals surface area contributed by atoms with Crippen LogP contribution < -0.4 is 16.0 Å². The highest BCUT2D eigenvalue weighted by Gasteiger charge is 2.30. The number of hydrogen-bond acceptors (Lipinski definition) is 6. The van der Waals surface area contributed by atoms with Gasteiger partial charge in [-0.15, -0.1) is 0 Å². The number of anilines is 2. The van der Waals surface area contributed by atoms with E-state index in [2.05, 4.69) is 46.5 Å². The summed E-state index contributed by atoms with van der Waals surface area (Å²) in [7, 11) is 0. The molecule has 0 aliphatic carbocycles. The molecule has 0 radical (unpaired) electrons. The Morgan fingerprint density at radius 2 is 1.87 bits per heavy atom. The minimum atomic E-state index is -0.449. The van der Waals surface area contributed by atoms with Crippen molar-refractivity contribution < 1.29 is 14.4 Å². The van der Waals surface area contributed by atoms with Gasteiger partial charge in [-0.3, -0.25) is 24.6 Å². The van der Waals surface area contributed by atoms with Crippen LogP contribution in [0.5, 0.6) is 0 Å². The summed E-state index contributed by atoms with van der Waals surface area (Å²) >= 11 is 0. The minimum Gasteiger partial charge on any atom is -0.374 e. The molecule has 2 heterocycles. The molecule has 0 saturated carbocycles. The van der Waals surface area contributed by atoms with Gasteiger partial charge in [0.25, 0.3) is 0 Å². The lowest BCUT2D eigenvalue weighted by Crippen LogP contribution is -2.58. The number of amides is 3. The van der Waals surface area contributed by atoms with Gasteiger partial charge >= 0.3 is 0 Å². The number of benzene rings is 1. The van der Waals surface area contributed by atoms with Gasteiger partial charge in [-0.1, -0.05) is 13.0 Å². The maximum absolute atomic E-state index is 12.7. The molecule has 2 aliphatic heterocycles. The minimum absolute atomic E-state index is 0.0456. The number of carbonyl (C=O) groups excluding carboxylic acids is 3. The SMILES string of the molecule is CCCN1C[C@@H](C)N(CC(=O)Nc2cccc(NC3CCC(=O)NC3=O)c2)[C@@H](C)C1. The van der Waals surface area contributed by atoms with E-state index in [-0.39, 0.29) is 17.7 Å². The summed E-state index contributed by atoms with van der Waals surface area (Å²) in [5.74, 6) is -0.597. The summed E-state index contributed by atoms with van der Waals surface area (Å²) in [4.78, 5) is 40.6. The van der Waals surface area contributed by atoms with E-state index in [9.17, 15) is 14.4 Å². The predicted molar refractivity (Wildman–Crippen MR) is 117 cm³/mol. The lowest BCUT2D eigenvalue weighted by molar-refractivity contribution is -0.133. The molecule has 1 aromatic rings. The van der Waals surface area contributed by atoms with Gasteiger partial charge in [0.15, 0.2) is 0 Å². The third-order valence-corrected chi connectivity index (χ3v) is 5.77. The molecule has 3 rings (SSSR count). The van der Waals surface area contributed by atoms with Gasteiger partial charge in [-0.05, 0) is 51.4 Å². The third kappa shape index (κ3) is 5.79. The zero-order valence-corrected chi connectivity index (χ0v) is 18.1. The van der Waals surface area contributed by atoms with Gasteiger partial charge in [-0.2, -0.15) is 0 Å². The number of hydrogen-bond donors (Lipinski definition) is 3. The Morgan fingerprint density at radius 1 is 1.17 bits per heavy atom. The highest BCUT2D eigenvalue weighted by atomic mass is 16.2. The number of imide groups is 1. The van der Waals surface area contributed by atoms with E-state index in [1.54, 1.807) is 0 Å². The molecular formula is C22H33N5O3. The van der Waals surface area contributed by atoms with Crippen LogP contribution in [0.3, 0.4) is 0 Å². The van der Waals surface area contributed by atoms with E-state index in [0.29, 0.717) is 37.2 Å². The second-order valence-corrected chi connectivity index (χ2v) is 8.41. The molecule has 2 saturated heterocycles. The fourth-order valence-electron chi connectivity index (χ4n) is 4.36. The van der Waals surface area contributed by atoms with Gasteiger partial charge in [0.1, 0.15) is 6.04 Å². The average molecular weight is 416 g/mol. The quantitative estimate of drug-likeness (QED) is 0.587. The summed E-state index contributed by atoms with van der Waals surface area (Å²) in [5.41, 5.74) is 1.42. The molecule has 0 spiro atoms. The standard InChI is InChI=1S/C22H33N5O3/c1-4-10-26-12-15(2)27(16(3)13-26)14-21(29)24-18-7-5-6-17(11-18)23-19-8-9-20(28)25-22(19)30/h5-7,11,15-16,19,23H,4,8-10,12-14H2,1-3H3,(H,24,29)(H,25,28,30)/t15-,16+,19?. The van der Waals surface area contributed by atoms with Gasteiger partial charge in [0, 0.05) is 43.0 Å². The smallest absolute Gasteiger partial charge is 0.249 e. The molecule has 2 aliphatic rings. The fourth-order valence-corrected chi connectivity index (χ4v) is 4.36. The van der Waals surface area contributed by atoms with E-state index in [4.69, 9.17) is 0 Å². The Morgan fingerprint density at radius 3 is 2.53 bits per heavy atom. The largest absolute Gasteiger partial charge is 0.374 e. The monoisotopic (exact) mass is 415 g/mol. The van der Waals surface area contributed by atoms with Crippen molar-refractivity contribution >= 4 is 29.1 Å². The Balaban J connectivity index is 1.55. The van der Waals surface area contributed by atoms with Gasteiger partial charge in [-0.25, -0.2) is 0 Å². The normalized spacial score (nSPS) is 25.6. The van der Waals surface area contributed by atoms with Gasteiger partial charge in [0.2, 0.25) is 17.7 Å². The van der Waals surface area contributed by atoms with E-state index < -0.39 is 6.04 Å². The first-order chi connectivity index (χ1) is 14.4. The van der Waals surface area contributed by atoms with Crippen molar-refractivity contribution in [3.63, 3.8) is 0 Å². The van der Waals surface area contributed by atoms with Gasteiger partial charge < -0.3 is 15.5 Å². The molecule has 0 aromatic heterocycles. The van der Waals surface area contributed by atoms with Crippen LogP contribution in [0.4, 0.5) is 11.4 Å². The van der Waals surface area contributed by atoms with Crippen LogP contribution in [-0.4, -0.2) is 71.8 Å². The van der Waals surface area contributed by atoms with Crippen LogP contribution in [0.15, 0.2) is 24.3 Å². The van der Waals surface area contributed by atoms with Crippen LogP contribution in [0.2, 0.25) is 0 Å². The van der Waals surface area contributed by atoms with Gasteiger partial charge in [0.05, 0.1) is 6.54 Å². The molecule has 3 N–H and O–H groups in total. The maximum Gasteiger partial charge on any atom is 0.249 e. The van der Waals surface area contributed by atoms with Crippen LogP contribution in [0.1, 0.15) is 40.0 Å². The summed E-state index contributed by atoms with van der Waals surface area (Å²) in [6, 6.07) is 7.52. The lowest BCUT2D eigenvalue weighted by atomic mass is 10.1. The highest BCUT2D eigenvalue weighted by Crippen LogP contribution is 2.20. The van der Waals surface area contributed by atoms with Crippen molar-refractivity contribution in [2.45, 2.75) is 58.2 Å². The maximum atomic E-state index is 12.7. The first kappa shape index (κ1) is 22.2. The van der Waals surface area contributed by atoms with Crippen molar-refractivity contribution in [1.29, 1.82) is 0 Å². The molecule has 3 amide bonds. The molecule has 1 unspecified atom stereocenters. The molecule has 1 aromatic carbocycles. The Labute approximate surface area is 178 Å².